The molecule has 130 valence electrons. The minimum absolute atomic E-state index is 0.0647. The van der Waals surface area contributed by atoms with Crippen LogP contribution < -0.4 is 0 Å². The third-order valence-corrected chi connectivity index (χ3v) is 5.26. The minimum Gasteiger partial charge on any atom is -0.507 e. The number of halogens is 1. The van der Waals surface area contributed by atoms with E-state index in [9.17, 15) is 14.7 Å². The van der Waals surface area contributed by atoms with Crippen molar-refractivity contribution in [3.05, 3.63) is 28.8 Å². The molecule has 2 aliphatic rings. The Morgan fingerprint density at radius 1 is 1.00 bits per heavy atom. The number of phenols is 1. The zero-order valence-corrected chi connectivity index (χ0v) is 14.5. The molecule has 1 aliphatic heterocycles. The molecule has 1 saturated heterocycles. The van der Waals surface area contributed by atoms with Gasteiger partial charge in [-0.1, -0.05) is 30.9 Å². The zero-order valence-electron chi connectivity index (χ0n) is 13.7. The van der Waals surface area contributed by atoms with Crippen LogP contribution in [0.4, 0.5) is 0 Å². The van der Waals surface area contributed by atoms with Gasteiger partial charge >= 0.3 is 0 Å². The Labute approximate surface area is 147 Å². The van der Waals surface area contributed by atoms with Crippen LogP contribution in [0.3, 0.4) is 0 Å². The van der Waals surface area contributed by atoms with Crippen LogP contribution in [0.2, 0.25) is 5.02 Å². The van der Waals surface area contributed by atoms with Crippen molar-refractivity contribution in [3.8, 4) is 5.75 Å². The summed E-state index contributed by atoms with van der Waals surface area (Å²) in [6.07, 6.45) is 5.50. The van der Waals surface area contributed by atoms with Crippen LogP contribution in [0.1, 0.15) is 42.5 Å². The summed E-state index contributed by atoms with van der Waals surface area (Å²) in [5, 5.41) is 10.3. The molecule has 0 atom stereocenters. The minimum atomic E-state index is -0.236. The highest BCUT2D eigenvalue weighted by molar-refractivity contribution is 6.31. The molecule has 1 heterocycles. The zero-order chi connectivity index (χ0) is 17.1. The fourth-order valence-electron chi connectivity index (χ4n) is 3.59. The van der Waals surface area contributed by atoms with Gasteiger partial charge in [0.1, 0.15) is 5.75 Å². The molecule has 1 N–H and O–H groups in total. The summed E-state index contributed by atoms with van der Waals surface area (Å²) in [5.41, 5.74) is 0.217. The average molecular weight is 351 g/mol. The van der Waals surface area contributed by atoms with E-state index in [4.69, 9.17) is 11.6 Å². The molecule has 0 radical (unpaired) electrons. The molecule has 2 fully saturated rings. The molecule has 0 aromatic heterocycles. The molecule has 5 nitrogen and oxygen atoms in total. The van der Waals surface area contributed by atoms with Crippen molar-refractivity contribution in [2.24, 2.45) is 5.92 Å². The Balaban J connectivity index is 1.59. The lowest BCUT2D eigenvalue weighted by Gasteiger charge is -2.37. The number of hydrogen-bond donors (Lipinski definition) is 1. The number of rotatable bonds is 2. The fraction of sp³-hybridized carbons (Fsp3) is 0.556. The average Bonchev–Trinajstić information content (AvgIpc) is 2.63. The van der Waals surface area contributed by atoms with Crippen molar-refractivity contribution in [1.29, 1.82) is 0 Å². The molecule has 6 heteroatoms. The molecule has 1 aromatic carbocycles. The summed E-state index contributed by atoms with van der Waals surface area (Å²) in [6.45, 7) is 2.09. The van der Waals surface area contributed by atoms with Crippen LogP contribution in [0.15, 0.2) is 18.2 Å². The number of aromatic hydroxyl groups is 1. The Bertz CT molecular complexity index is 621. The predicted octanol–water partition coefficient (Wildman–Crippen LogP) is 2.91. The number of hydrogen-bond acceptors (Lipinski definition) is 3. The maximum absolute atomic E-state index is 12.6. The van der Waals surface area contributed by atoms with E-state index in [0.717, 1.165) is 25.7 Å². The summed E-state index contributed by atoms with van der Waals surface area (Å²) in [7, 11) is 0. The monoisotopic (exact) mass is 350 g/mol. The number of nitrogens with zero attached hydrogens (tertiary/aromatic N) is 2. The Morgan fingerprint density at radius 3 is 2.29 bits per heavy atom. The normalized spacial score (nSPS) is 19.4. The molecule has 0 bridgehead atoms. The second-order valence-corrected chi connectivity index (χ2v) is 7.05. The van der Waals surface area contributed by atoms with Gasteiger partial charge in [0.05, 0.1) is 5.56 Å². The molecular formula is C18H23ClN2O3. The van der Waals surface area contributed by atoms with Crippen LogP contribution in [-0.4, -0.2) is 52.9 Å². The summed E-state index contributed by atoms with van der Waals surface area (Å²) < 4.78 is 0. The van der Waals surface area contributed by atoms with Gasteiger partial charge in [-0.05, 0) is 31.0 Å². The Morgan fingerprint density at radius 2 is 1.62 bits per heavy atom. The molecule has 0 spiro atoms. The topological polar surface area (TPSA) is 60.9 Å². The van der Waals surface area contributed by atoms with Gasteiger partial charge in [-0.25, -0.2) is 0 Å². The number of phenolic OH excluding ortho intramolecular Hbond substituents is 1. The van der Waals surface area contributed by atoms with Gasteiger partial charge < -0.3 is 14.9 Å². The molecular weight excluding hydrogens is 328 g/mol. The van der Waals surface area contributed by atoms with Crippen LogP contribution in [-0.2, 0) is 4.79 Å². The van der Waals surface area contributed by atoms with Gasteiger partial charge in [0.2, 0.25) is 5.91 Å². The highest BCUT2D eigenvalue weighted by Crippen LogP contribution is 2.27. The van der Waals surface area contributed by atoms with E-state index in [0.29, 0.717) is 31.2 Å². The number of amides is 2. The lowest BCUT2D eigenvalue weighted by Crippen LogP contribution is -2.52. The quantitative estimate of drug-likeness (QED) is 0.892. The van der Waals surface area contributed by atoms with E-state index >= 15 is 0 Å². The maximum Gasteiger partial charge on any atom is 0.257 e. The highest BCUT2D eigenvalue weighted by Gasteiger charge is 2.30. The van der Waals surface area contributed by atoms with Gasteiger partial charge in [0.15, 0.2) is 0 Å². The van der Waals surface area contributed by atoms with E-state index in [-0.39, 0.29) is 29.0 Å². The Hall–Kier alpha value is -1.75. The molecule has 2 amide bonds. The number of piperazine rings is 1. The van der Waals surface area contributed by atoms with Gasteiger partial charge in [-0.3, -0.25) is 9.59 Å². The number of carbonyl (C=O) groups excluding carboxylic acids is 2. The summed E-state index contributed by atoms with van der Waals surface area (Å²) >= 11 is 5.92. The fourth-order valence-corrected chi connectivity index (χ4v) is 3.76. The van der Waals surface area contributed by atoms with E-state index in [1.807, 2.05) is 4.90 Å². The largest absolute Gasteiger partial charge is 0.507 e. The van der Waals surface area contributed by atoms with Crippen molar-refractivity contribution < 1.29 is 14.7 Å². The third kappa shape index (κ3) is 3.66. The first-order chi connectivity index (χ1) is 11.6. The maximum atomic E-state index is 12.6. The van der Waals surface area contributed by atoms with Crippen LogP contribution in [0, 0.1) is 5.92 Å². The van der Waals surface area contributed by atoms with Gasteiger partial charge in [-0.2, -0.15) is 0 Å². The van der Waals surface area contributed by atoms with Gasteiger partial charge in [0, 0.05) is 37.1 Å². The first kappa shape index (κ1) is 17.1. The molecule has 1 aliphatic carbocycles. The first-order valence-electron chi connectivity index (χ1n) is 8.63. The lowest BCUT2D eigenvalue weighted by atomic mass is 9.88. The van der Waals surface area contributed by atoms with Crippen molar-refractivity contribution in [3.63, 3.8) is 0 Å². The van der Waals surface area contributed by atoms with E-state index < -0.39 is 0 Å². The van der Waals surface area contributed by atoms with Crippen molar-refractivity contribution in [1.82, 2.24) is 9.80 Å². The van der Waals surface area contributed by atoms with Crippen molar-refractivity contribution in [2.45, 2.75) is 32.1 Å². The lowest BCUT2D eigenvalue weighted by molar-refractivity contribution is -0.138. The molecule has 1 saturated carbocycles. The van der Waals surface area contributed by atoms with Crippen molar-refractivity contribution >= 4 is 23.4 Å². The molecule has 3 rings (SSSR count). The van der Waals surface area contributed by atoms with Crippen LogP contribution >= 0.6 is 11.6 Å². The summed E-state index contributed by atoms with van der Waals surface area (Å²) in [6, 6.07) is 4.46. The molecule has 1 aromatic rings. The summed E-state index contributed by atoms with van der Waals surface area (Å²) in [4.78, 5) is 28.7. The van der Waals surface area contributed by atoms with Gasteiger partial charge in [0.25, 0.3) is 5.91 Å². The molecule has 24 heavy (non-hydrogen) atoms. The highest BCUT2D eigenvalue weighted by atomic mass is 35.5. The smallest absolute Gasteiger partial charge is 0.257 e. The van der Waals surface area contributed by atoms with E-state index in [1.165, 1.54) is 18.6 Å². The van der Waals surface area contributed by atoms with Crippen LogP contribution in [0.25, 0.3) is 0 Å². The standard InChI is InChI=1S/C18H23ClN2O3/c19-14-6-7-16(22)15(12-14)18(24)21-10-8-20(9-11-21)17(23)13-4-2-1-3-5-13/h6-7,12-13,22H,1-5,8-11H2. The third-order valence-electron chi connectivity index (χ3n) is 5.02. The SMILES string of the molecule is O=C(c1cc(Cl)ccc1O)N1CCN(C(=O)C2CCCCC2)CC1. The predicted molar refractivity (Wildman–Crippen MR) is 92.2 cm³/mol. The first-order valence-corrected chi connectivity index (χ1v) is 9.00. The van der Waals surface area contributed by atoms with Gasteiger partial charge in [-0.15, -0.1) is 0 Å². The van der Waals surface area contributed by atoms with E-state index in [2.05, 4.69) is 0 Å². The second kappa shape index (κ2) is 7.43. The van der Waals surface area contributed by atoms with Crippen LogP contribution in [0.5, 0.6) is 5.75 Å². The molecule has 0 unspecified atom stereocenters. The second-order valence-electron chi connectivity index (χ2n) is 6.61. The Kier molecular flexibility index (Phi) is 5.29. The summed E-state index contributed by atoms with van der Waals surface area (Å²) in [5.74, 6) is 0.107. The van der Waals surface area contributed by atoms with Crippen molar-refractivity contribution in [2.75, 3.05) is 26.2 Å². The number of benzene rings is 1. The number of carbonyl (C=O) groups is 2. The van der Waals surface area contributed by atoms with E-state index in [1.54, 1.807) is 11.0 Å².